The molecule has 2 rings (SSSR count). The zero-order valence-electron chi connectivity index (χ0n) is 8.66. The fourth-order valence-electron chi connectivity index (χ4n) is 1.48. The molecule has 1 fully saturated rings. The van der Waals surface area contributed by atoms with Crippen molar-refractivity contribution >= 4 is 21.8 Å². The summed E-state index contributed by atoms with van der Waals surface area (Å²) in [5, 5.41) is 5.96. The Morgan fingerprint density at radius 1 is 1.62 bits per heavy atom. The maximum Gasteiger partial charge on any atom is 0.287 e. The van der Waals surface area contributed by atoms with Crippen molar-refractivity contribution in [2.75, 3.05) is 26.2 Å². The van der Waals surface area contributed by atoms with Crippen LogP contribution < -0.4 is 10.6 Å². The first kappa shape index (κ1) is 11.6. The highest BCUT2D eigenvalue weighted by atomic mass is 79.9. The minimum Gasteiger partial charge on any atom is -0.444 e. The fourth-order valence-corrected chi connectivity index (χ4v) is 1.79. The summed E-state index contributed by atoms with van der Waals surface area (Å²) in [7, 11) is 0. The molecule has 1 aliphatic heterocycles. The second kappa shape index (κ2) is 5.47. The highest BCUT2D eigenvalue weighted by molar-refractivity contribution is 9.10. The monoisotopic (exact) mass is 288 g/mol. The summed E-state index contributed by atoms with van der Waals surface area (Å²) in [5.41, 5.74) is 0. The van der Waals surface area contributed by atoms with Crippen molar-refractivity contribution in [2.45, 2.75) is 6.10 Å². The number of halogens is 1. The number of rotatable bonds is 3. The van der Waals surface area contributed by atoms with E-state index >= 15 is 0 Å². The van der Waals surface area contributed by atoms with Crippen LogP contribution in [0, 0.1) is 0 Å². The first-order valence-corrected chi connectivity index (χ1v) is 5.91. The van der Waals surface area contributed by atoms with Crippen LogP contribution in [-0.4, -0.2) is 38.3 Å². The third-order valence-corrected chi connectivity index (χ3v) is 2.72. The molecule has 0 aromatic carbocycles. The molecule has 0 aliphatic carbocycles. The van der Waals surface area contributed by atoms with Gasteiger partial charge in [0.2, 0.25) is 0 Å². The van der Waals surface area contributed by atoms with Gasteiger partial charge in [0.05, 0.1) is 12.7 Å². The number of carbonyl (C=O) groups is 1. The SMILES string of the molecule is O=C(NCC1CNCCO1)c1ccc(Br)o1. The Bertz CT molecular complexity index is 361. The maximum atomic E-state index is 11.6. The normalized spacial score (nSPS) is 20.7. The zero-order valence-corrected chi connectivity index (χ0v) is 10.2. The van der Waals surface area contributed by atoms with Crippen molar-refractivity contribution in [3.8, 4) is 0 Å². The van der Waals surface area contributed by atoms with Crippen molar-refractivity contribution in [3.05, 3.63) is 22.6 Å². The average molecular weight is 289 g/mol. The third-order valence-electron chi connectivity index (χ3n) is 2.29. The molecule has 16 heavy (non-hydrogen) atoms. The van der Waals surface area contributed by atoms with Crippen molar-refractivity contribution in [1.29, 1.82) is 0 Å². The predicted molar refractivity (Wildman–Crippen MR) is 61.4 cm³/mol. The molecule has 6 heteroatoms. The number of ether oxygens (including phenoxy) is 1. The summed E-state index contributed by atoms with van der Waals surface area (Å²) in [6.45, 7) is 2.81. The Morgan fingerprint density at radius 3 is 3.12 bits per heavy atom. The summed E-state index contributed by atoms with van der Waals surface area (Å²) < 4.78 is 11.1. The van der Waals surface area contributed by atoms with Crippen molar-refractivity contribution in [3.63, 3.8) is 0 Å². The first-order chi connectivity index (χ1) is 7.75. The highest BCUT2D eigenvalue weighted by Gasteiger charge is 2.16. The molecule has 1 aliphatic rings. The molecular formula is C10H13BrN2O3. The lowest BCUT2D eigenvalue weighted by Gasteiger charge is -2.23. The van der Waals surface area contributed by atoms with Gasteiger partial charge in [-0.1, -0.05) is 0 Å². The van der Waals surface area contributed by atoms with Gasteiger partial charge in [-0.25, -0.2) is 0 Å². The van der Waals surface area contributed by atoms with E-state index in [4.69, 9.17) is 9.15 Å². The van der Waals surface area contributed by atoms with Gasteiger partial charge in [-0.3, -0.25) is 4.79 Å². The molecule has 0 bridgehead atoms. The fraction of sp³-hybridized carbons (Fsp3) is 0.500. The quantitative estimate of drug-likeness (QED) is 0.862. The third kappa shape index (κ3) is 3.07. The standard InChI is InChI=1S/C10H13BrN2O3/c11-9-2-1-8(16-9)10(14)13-6-7-5-12-3-4-15-7/h1-2,7,12H,3-6H2,(H,13,14). The van der Waals surface area contributed by atoms with Gasteiger partial charge in [0, 0.05) is 19.6 Å². The van der Waals surface area contributed by atoms with Crippen LogP contribution in [-0.2, 0) is 4.74 Å². The molecule has 2 heterocycles. The van der Waals surface area contributed by atoms with E-state index in [9.17, 15) is 4.79 Å². The molecule has 1 unspecified atom stereocenters. The summed E-state index contributed by atoms with van der Waals surface area (Å²) in [6.07, 6.45) is 0.0381. The van der Waals surface area contributed by atoms with Gasteiger partial charge in [-0.05, 0) is 28.1 Å². The Hall–Kier alpha value is -0.850. The lowest BCUT2D eigenvalue weighted by Crippen LogP contribution is -2.45. The van der Waals surface area contributed by atoms with Gasteiger partial charge < -0.3 is 19.8 Å². The van der Waals surface area contributed by atoms with E-state index in [1.54, 1.807) is 12.1 Å². The second-order valence-corrected chi connectivity index (χ2v) is 4.29. The Morgan fingerprint density at radius 2 is 2.50 bits per heavy atom. The molecule has 1 amide bonds. The van der Waals surface area contributed by atoms with Crippen molar-refractivity contribution < 1.29 is 13.9 Å². The van der Waals surface area contributed by atoms with Crippen molar-refractivity contribution in [2.24, 2.45) is 0 Å². The van der Waals surface area contributed by atoms with Crippen LogP contribution in [0.2, 0.25) is 0 Å². The van der Waals surface area contributed by atoms with E-state index in [0.29, 0.717) is 23.6 Å². The maximum absolute atomic E-state index is 11.6. The smallest absolute Gasteiger partial charge is 0.287 e. The number of hydrogen-bond donors (Lipinski definition) is 2. The van der Waals surface area contributed by atoms with Crippen LogP contribution in [0.25, 0.3) is 0 Å². The summed E-state index contributed by atoms with van der Waals surface area (Å²) in [5.74, 6) is 0.0792. The van der Waals surface area contributed by atoms with E-state index in [2.05, 4.69) is 26.6 Å². The van der Waals surface area contributed by atoms with Gasteiger partial charge in [-0.15, -0.1) is 0 Å². The van der Waals surface area contributed by atoms with Crippen LogP contribution in [0.1, 0.15) is 10.6 Å². The lowest BCUT2D eigenvalue weighted by molar-refractivity contribution is 0.0284. The first-order valence-electron chi connectivity index (χ1n) is 5.11. The van der Waals surface area contributed by atoms with E-state index in [-0.39, 0.29) is 12.0 Å². The molecular weight excluding hydrogens is 276 g/mol. The molecule has 88 valence electrons. The number of hydrogen-bond acceptors (Lipinski definition) is 4. The Labute approximate surface area is 102 Å². The lowest BCUT2D eigenvalue weighted by atomic mass is 10.3. The minimum absolute atomic E-state index is 0.0381. The molecule has 0 saturated carbocycles. The Balaban J connectivity index is 1.79. The molecule has 0 spiro atoms. The molecule has 1 aromatic rings. The van der Waals surface area contributed by atoms with Gasteiger partial charge in [-0.2, -0.15) is 0 Å². The average Bonchev–Trinajstić information content (AvgIpc) is 2.74. The van der Waals surface area contributed by atoms with Gasteiger partial charge in [0.25, 0.3) is 5.91 Å². The Kier molecular flexibility index (Phi) is 3.98. The van der Waals surface area contributed by atoms with Crippen LogP contribution in [0.3, 0.4) is 0 Å². The topological polar surface area (TPSA) is 63.5 Å². The summed E-state index contributed by atoms with van der Waals surface area (Å²) in [4.78, 5) is 11.6. The molecule has 1 atom stereocenters. The largest absolute Gasteiger partial charge is 0.444 e. The summed E-state index contributed by atoms with van der Waals surface area (Å²) in [6, 6.07) is 3.31. The predicted octanol–water partition coefficient (Wildman–Crippen LogP) is 0.760. The van der Waals surface area contributed by atoms with Gasteiger partial charge >= 0.3 is 0 Å². The van der Waals surface area contributed by atoms with Crippen LogP contribution in [0.15, 0.2) is 21.2 Å². The highest BCUT2D eigenvalue weighted by Crippen LogP contribution is 2.13. The molecule has 1 aromatic heterocycles. The molecule has 1 saturated heterocycles. The molecule has 2 N–H and O–H groups in total. The second-order valence-electron chi connectivity index (χ2n) is 3.51. The summed E-state index contributed by atoms with van der Waals surface area (Å²) >= 11 is 3.15. The number of morpholine rings is 1. The van der Waals surface area contributed by atoms with Crippen LogP contribution >= 0.6 is 15.9 Å². The number of furan rings is 1. The zero-order chi connectivity index (χ0) is 11.4. The van der Waals surface area contributed by atoms with Crippen LogP contribution in [0.4, 0.5) is 0 Å². The minimum atomic E-state index is -0.222. The molecule has 0 radical (unpaired) electrons. The molecule has 5 nitrogen and oxygen atoms in total. The van der Waals surface area contributed by atoms with E-state index in [1.165, 1.54) is 0 Å². The van der Waals surface area contributed by atoms with Crippen molar-refractivity contribution in [1.82, 2.24) is 10.6 Å². The van der Waals surface area contributed by atoms with Gasteiger partial charge in [0.1, 0.15) is 0 Å². The van der Waals surface area contributed by atoms with Gasteiger partial charge in [0.15, 0.2) is 10.4 Å². The van der Waals surface area contributed by atoms with E-state index in [0.717, 1.165) is 13.1 Å². The number of nitrogens with one attached hydrogen (secondary N) is 2. The number of amides is 1. The van der Waals surface area contributed by atoms with E-state index in [1.807, 2.05) is 0 Å². The number of carbonyl (C=O) groups excluding carboxylic acids is 1. The van der Waals surface area contributed by atoms with E-state index < -0.39 is 0 Å². The van der Waals surface area contributed by atoms with Crippen LogP contribution in [0.5, 0.6) is 0 Å².